The molecule has 0 radical (unpaired) electrons. The topological polar surface area (TPSA) is 66.9 Å². The molecule has 22 heavy (non-hydrogen) atoms. The van der Waals surface area contributed by atoms with Crippen LogP contribution >= 0.6 is 0 Å². The average molecular weight is 298 g/mol. The van der Waals surface area contributed by atoms with Gasteiger partial charge in [0.05, 0.1) is 0 Å². The highest BCUT2D eigenvalue weighted by molar-refractivity contribution is 5.92. The molecule has 1 heterocycles. The first-order valence-corrected chi connectivity index (χ1v) is 7.52. The third-order valence-corrected chi connectivity index (χ3v) is 3.45. The second kappa shape index (κ2) is 7.54. The van der Waals surface area contributed by atoms with E-state index in [1.54, 1.807) is 12.3 Å². The molecular weight excluding hydrogens is 276 g/mol. The average Bonchev–Trinajstić information content (AvgIpc) is 2.54. The minimum Gasteiger partial charge on any atom is -0.352 e. The van der Waals surface area contributed by atoms with Gasteiger partial charge in [-0.1, -0.05) is 36.8 Å². The molecule has 0 aliphatic carbocycles. The van der Waals surface area contributed by atoms with Crippen LogP contribution < -0.4 is 10.6 Å². The number of carbonyl (C=O) groups excluding carboxylic acids is 1. The summed E-state index contributed by atoms with van der Waals surface area (Å²) in [5.41, 5.74) is 2.63. The largest absolute Gasteiger partial charge is 0.352 e. The zero-order valence-corrected chi connectivity index (χ0v) is 13.3. The molecule has 0 spiro atoms. The third kappa shape index (κ3) is 4.55. The molecule has 2 N–H and O–H groups in total. The van der Waals surface area contributed by atoms with Crippen molar-refractivity contribution in [3.8, 4) is 0 Å². The number of nitrogens with one attached hydrogen (secondary N) is 2. The smallest absolute Gasteiger partial charge is 0.270 e. The van der Waals surface area contributed by atoms with Gasteiger partial charge in [-0.05, 0) is 31.9 Å². The second-order valence-electron chi connectivity index (χ2n) is 5.39. The number of rotatable bonds is 6. The summed E-state index contributed by atoms with van der Waals surface area (Å²) in [6.45, 7) is 6.65. The van der Waals surface area contributed by atoms with E-state index in [-0.39, 0.29) is 11.9 Å². The minimum atomic E-state index is -0.199. The Labute approximate surface area is 131 Å². The Morgan fingerprint density at radius 2 is 1.95 bits per heavy atom. The molecule has 1 atom stereocenters. The number of benzene rings is 1. The molecule has 0 aliphatic rings. The zero-order chi connectivity index (χ0) is 15.9. The molecule has 0 saturated carbocycles. The van der Waals surface area contributed by atoms with Gasteiger partial charge in [0.25, 0.3) is 5.91 Å². The summed E-state index contributed by atoms with van der Waals surface area (Å²) in [6, 6.07) is 9.95. The summed E-state index contributed by atoms with van der Waals surface area (Å²) in [5, 5.41) is 6.04. The van der Waals surface area contributed by atoms with Crippen LogP contribution in [-0.2, 0) is 6.54 Å². The molecule has 0 saturated heterocycles. The Morgan fingerprint density at radius 1 is 1.23 bits per heavy atom. The summed E-state index contributed by atoms with van der Waals surface area (Å²) in [5.74, 6) is 0.285. The highest BCUT2D eigenvalue weighted by Gasteiger charge is 2.09. The van der Waals surface area contributed by atoms with Crippen LogP contribution in [0.4, 0.5) is 5.95 Å². The Balaban J connectivity index is 1.97. The monoisotopic (exact) mass is 298 g/mol. The summed E-state index contributed by atoms with van der Waals surface area (Å²) < 4.78 is 0. The highest BCUT2D eigenvalue weighted by Crippen LogP contribution is 2.06. The van der Waals surface area contributed by atoms with Crippen molar-refractivity contribution in [2.24, 2.45) is 0 Å². The lowest BCUT2D eigenvalue weighted by Crippen LogP contribution is -2.25. The molecule has 1 unspecified atom stereocenters. The maximum absolute atomic E-state index is 12.2. The minimum absolute atomic E-state index is 0.199. The van der Waals surface area contributed by atoms with E-state index < -0.39 is 0 Å². The first-order valence-electron chi connectivity index (χ1n) is 7.52. The normalized spacial score (nSPS) is 11.8. The van der Waals surface area contributed by atoms with Gasteiger partial charge < -0.3 is 10.6 Å². The lowest BCUT2D eigenvalue weighted by molar-refractivity contribution is 0.0946. The van der Waals surface area contributed by atoms with Gasteiger partial charge in [-0.25, -0.2) is 9.97 Å². The lowest BCUT2D eigenvalue weighted by atomic mass is 10.1. The molecule has 2 aromatic rings. The van der Waals surface area contributed by atoms with Crippen molar-refractivity contribution in [3.63, 3.8) is 0 Å². The first-order chi connectivity index (χ1) is 10.6. The summed E-state index contributed by atoms with van der Waals surface area (Å²) in [4.78, 5) is 20.6. The summed E-state index contributed by atoms with van der Waals surface area (Å²) in [6.07, 6.45) is 2.56. The van der Waals surface area contributed by atoms with Crippen molar-refractivity contribution in [2.45, 2.75) is 39.8 Å². The van der Waals surface area contributed by atoms with Crippen molar-refractivity contribution in [2.75, 3.05) is 5.32 Å². The van der Waals surface area contributed by atoms with Crippen LogP contribution in [0.1, 0.15) is 41.9 Å². The van der Waals surface area contributed by atoms with Crippen molar-refractivity contribution in [1.82, 2.24) is 15.3 Å². The number of hydrogen-bond donors (Lipinski definition) is 2. The fourth-order valence-electron chi connectivity index (χ4n) is 1.86. The highest BCUT2D eigenvalue weighted by atomic mass is 16.1. The van der Waals surface area contributed by atoms with E-state index in [0.29, 0.717) is 18.2 Å². The number of anilines is 1. The van der Waals surface area contributed by atoms with Gasteiger partial charge >= 0.3 is 0 Å². The quantitative estimate of drug-likeness (QED) is 0.860. The van der Waals surface area contributed by atoms with Crippen LogP contribution in [0.25, 0.3) is 0 Å². The molecule has 2 rings (SSSR count). The van der Waals surface area contributed by atoms with Crippen molar-refractivity contribution in [1.29, 1.82) is 0 Å². The molecular formula is C17H22N4O. The van der Waals surface area contributed by atoms with E-state index in [4.69, 9.17) is 0 Å². The Morgan fingerprint density at radius 3 is 2.64 bits per heavy atom. The number of hydrogen-bond acceptors (Lipinski definition) is 4. The van der Waals surface area contributed by atoms with Crippen molar-refractivity contribution in [3.05, 3.63) is 53.3 Å². The number of amides is 1. The molecule has 5 heteroatoms. The van der Waals surface area contributed by atoms with Crippen LogP contribution in [0, 0.1) is 6.92 Å². The van der Waals surface area contributed by atoms with Crippen molar-refractivity contribution < 1.29 is 4.79 Å². The van der Waals surface area contributed by atoms with Gasteiger partial charge in [0.2, 0.25) is 5.95 Å². The SMILES string of the molecule is CCC(C)Nc1nccc(C(=O)NCc2ccc(C)cc2)n1. The van der Waals surface area contributed by atoms with Gasteiger partial charge in [0.1, 0.15) is 5.69 Å². The zero-order valence-electron chi connectivity index (χ0n) is 13.3. The van der Waals surface area contributed by atoms with E-state index in [1.807, 2.05) is 38.1 Å². The van der Waals surface area contributed by atoms with Gasteiger partial charge in [-0.2, -0.15) is 0 Å². The maximum atomic E-state index is 12.2. The number of aromatic nitrogens is 2. The molecule has 0 fully saturated rings. The predicted molar refractivity (Wildman–Crippen MR) is 87.8 cm³/mol. The van der Waals surface area contributed by atoms with Crippen LogP contribution in [0.2, 0.25) is 0 Å². The number of nitrogens with zero attached hydrogens (tertiary/aromatic N) is 2. The first kappa shape index (κ1) is 15.9. The summed E-state index contributed by atoms with van der Waals surface area (Å²) in [7, 11) is 0. The molecule has 1 aromatic heterocycles. The fourth-order valence-corrected chi connectivity index (χ4v) is 1.86. The van der Waals surface area contributed by atoms with Gasteiger partial charge in [0.15, 0.2) is 0 Å². The molecule has 5 nitrogen and oxygen atoms in total. The fraction of sp³-hybridized carbons (Fsp3) is 0.353. The van der Waals surface area contributed by atoms with Crippen LogP contribution in [0.5, 0.6) is 0 Å². The van der Waals surface area contributed by atoms with E-state index in [9.17, 15) is 4.79 Å². The number of carbonyl (C=O) groups is 1. The van der Waals surface area contributed by atoms with E-state index in [0.717, 1.165) is 12.0 Å². The predicted octanol–water partition coefficient (Wildman–Crippen LogP) is 2.93. The second-order valence-corrected chi connectivity index (χ2v) is 5.39. The Kier molecular flexibility index (Phi) is 5.47. The Hall–Kier alpha value is -2.43. The Bertz CT molecular complexity index is 625. The molecule has 0 bridgehead atoms. The standard InChI is InChI=1S/C17H22N4O/c1-4-13(3)20-17-18-10-9-15(21-17)16(22)19-11-14-7-5-12(2)6-8-14/h5-10,13H,4,11H2,1-3H3,(H,19,22)(H,18,20,21). The third-order valence-electron chi connectivity index (χ3n) is 3.45. The molecule has 116 valence electrons. The molecule has 0 aliphatic heterocycles. The van der Waals surface area contributed by atoms with E-state index in [1.165, 1.54) is 5.56 Å². The van der Waals surface area contributed by atoms with Crippen LogP contribution in [0.3, 0.4) is 0 Å². The lowest BCUT2D eigenvalue weighted by Gasteiger charge is -2.11. The van der Waals surface area contributed by atoms with Gasteiger partial charge in [-0.3, -0.25) is 4.79 Å². The van der Waals surface area contributed by atoms with Gasteiger partial charge in [-0.15, -0.1) is 0 Å². The van der Waals surface area contributed by atoms with Crippen LogP contribution in [0.15, 0.2) is 36.5 Å². The van der Waals surface area contributed by atoms with E-state index >= 15 is 0 Å². The van der Waals surface area contributed by atoms with Crippen molar-refractivity contribution >= 4 is 11.9 Å². The van der Waals surface area contributed by atoms with Gasteiger partial charge in [0, 0.05) is 18.8 Å². The molecule has 1 aromatic carbocycles. The number of aryl methyl sites for hydroxylation is 1. The molecule has 1 amide bonds. The van der Waals surface area contributed by atoms with E-state index in [2.05, 4.69) is 27.5 Å². The summed E-state index contributed by atoms with van der Waals surface area (Å²) >= 11 is 0. The maximum Gasteiger partial charge on any atom is 0.270 e. The van der Waals surface area contributed by atoms with Crippen LogP contribution in [-0.4, -0.2) is 21.9 Å².